The van der Waals surface area contributed by atoms with Crippen molar-refractivity contribution >= 4 is 50.1 Å². The minimum Gasteiger partial charge on any atom is -0.489 e. The molecule has 1 aliphatic carbocycles. The Labute approximate surface area is 201 Å². The highest BCUT2D eigenvalue weighted by Crippen LogP contribution is 2.41. The van der Waals surface area contributed by atoms with Crippen molar-refractivity contribution in [2.75, 3.05) is 18.9 Å². The number of nitrogens with one attached hydrogen (secondary N) is 2. The number of anilines is 2. The van der Waals surface area contributed by atoms with E-state index in [1.807, 2.05) is 32.9 Å². The number of aromatic amines is 1. The second kappa shape index (κ2) is 9.09. The molecular formula is C24H28N6O3S. The van der Waals surface area contributed by atoms with Crippen LogP contribution >= 0.6 is 11.3 Å². The van der Waals surface area contributed by atoms with Crippen LogP contribution in [0.4, 0.5) is 16.3 Å². The van der Waals surface area contributed by atoms with Gasteiger partial charge in [0.2, 0.25) is 0 Å². The van der Waals surface area contributed by atoms with Crippen molar-refractivity contribution in [3.8, 4) is 5.75 Å². The maximum atomic E-state index is 12.2. The van der Waals surface area contributed by atoms with E-state index in [-0.39, 0.29) is 18.3 Å². The molecule has 178 valence electrons. The van der Waals surface area contributed by atoms with E-state index in [4.69, 9.17) is 9.47 Å². The molecule has 0 aliphatic heterocycles. The van der Waals surface area contributed by atoms with Crippen LogP contribution in [-0.2, 0) is 17.6 Å². The van der Waals surface area contributed by atoms with Gasteiger partial charge in [0.1, 0.15) is 28.8 Å². The summed E-state index contributed by atoms with van der Waals surface area (Å²) in [5.74, 6) is 1.48. The first-order valence-electron chi connectivity index (χ1n) is 11.5. The van der Waals surface area contributed by atoms with Gasteiger partial charge in [-0.3, -0.25) is 5.10 Å². The average Bonchev–Trinajstić information content (AvgIpc) is 3.42. The fourth-order valence-corrected chi connectivity index (χ4v) is 5.44. The van der Waals surface area contributed by atoms with Gasteiger partial charge >= 0.3 is 6.09 Å². The highest BCUT2D eigenvalue weighted by Gasteiger charge is 2.28. The summed E-state index contributed by atoms with van der Waals surface area (Å²) in [6.07, 6.45) is 5.28. The molecule has 1 aromatic carbocycles. The van der Waals surface area contributed by atoms with Crippen LogP contribution in [0.25, 0.3) is 21.1 Å². The van der Waals surface area contributed by atoms with Gasteiger partial charge in [0, 0.05) is 36.3 Å². The number of ether oxygens (including phenoxy) is 2. The van der Waals surface area contributed by atoms with Crippen LogP contribution in [-0.4, -0.2) is 57.0 Å². The molecule has 0 saturated heterocycles. The minimum absolute atomic E-state index is 0.0200. The number of aromatic nitrogens is 4. The smallest absolute Gasteiger partial charge is 0.409 e. The number of carbonyl (C=O) groups excluding carboxylic acids is 1. The first-order valence-corrected chi connectivity index (χ1v) is 12.3. The SMILES string of the molecule is CCN(C)C(=O)OC1CCc2c(sc3ncnc(Nc4cc5cn[nH]c5cc4OC(C)C)c23)C1. The van der Waals surface area contributed by atoms with Gasteiger partial charge in [-0.05, 0) is 45.2 Å². The molecule has 34 heavy (non-hydrogen) atoms. The number of carbonyl (C=O) groups is 1. The summed E-state index contributed by atoms with van der Waals surface area (Å²) in [5, 5.41) is 12.7. The molecule has 1 amide bonds. The third-order valence-electron chi connectivity index (χ3n) is 6.01. The summed E-state index contributed by atoms with van der Waals surface area (Å²) in [6.45, 7) is 6.56. The number of hydrogen-bond donors (Lipinski definition) is 2. The highest BCUT2D eigenvalue weighted by atomic mass is 32.1. The van der Waals surface area contributed by atoms with Crippen LogP contribution in [0.15, 0.2) is 24.7 Å². The van der Waals surface area contributed by atoms with Crippen molar-refractivity contribution in [3.63, 3.8) is 0 Å². The van der Waals surface area contributed by atoms with E-state index in [1.165, 1.54) is 10.4 Å². The molecule has 0 radical (unpaired) electrons. The predicted molar refractivity (Wildman–Crippen MR) is 133 cm³/mol. The Hall–Kier alpha value is -3.40. The summed E-state index contributed by atoms with van der Waals surface area (Å²) < 4.78 is 11.8. The van der Waals surface area contributed by atoms with Gasteiger partial charge < -0.3 is 19.7 Å². The van der Waals surface area contributed by atoms with Gasteiger partial charge in [-0.1, -0.05) is 0 Å². The molecule has 3 aromatic heterocycles. The molecule has 3 heterocycles. The second-order valence-corrected chi connectivity index (χ2v) is 9.85. The first kappa shape index (κ1) is 22.4. The lowest BCUT2D eigenvalue weighted by molar-refractivity contribution is 0.0644. The maximum Gasteiger partial charge on any atom is 0.409 e. The van der Waals surface area contributed by atoms with Crippen LogP contribution < -0.4 is 10.1 Å². The zero-order valence-corrected chi connectivity index (χ0v) is 20.5. The Balaban J connectivity index is 1.47. The summed E-state index contributed by atoms with van der Waals surface area (Å²) in [7, 11) is 1.75. The van der Waals surface area contributed by atoms with Crippen LogP contribution in [0.2, 0.25) is 0 Å². The Morgan fingerprint density at radius 3 is 3.00 bits per heavy atom. The first-order chi connectivity index (χ1) is 16.4. The number of hydrogen-bond acceptors (Lipinski definition) is 8. The van der Waals surface area contributed by atoms with E-state index in [1.54, 1.807) is 35.8 Å². The Morgan fingerprint density at radius 2 is 2.21 bits per heavy atom. The Bertz CT molecular complexity index is 1350. The van der Waals surface area contributed by atoms with E-state index in [0.29, 0.717) is 13.0 Å². The summed E-state index contributed by atoms with van der Waals surface area (Å²) >= 11 is 1.65. The number of benzene rings is 1. The van der Waals surface area contributed by atoms with Gasteiger partial charge in [0.05, 0.1) is 28.9 Å². The number of fused-ring (bicyclic) bond motifs is 4. The molecule has 5 rings (SSSR count). The summed E-state index contributed by atoms with van der Waals surface area (Å²) in [5.41, 5.74) is 2.97. The molecule has 0 fully saturated rings. The van der Waals surface area contributed by atoms with Gasteiger partial charge in [-0.2, -0.15) is 5.10 Å². The number of H-pyrrole nitrogens is 1. The number of aryl methyl sites for hydroxylation is 1. The Kier molecular flexibility index (Phi) is 5.99. The molecule has 1 atom stereocenters. The van der Waals surface area contributed by atoms with E-state index < -0.39 is 0 Å². The number of thiophene rings is 1. The van der Waals surface area contributed by atoms with Crippen molar-refractivity contribution in [1.82, 2.24) is 25.1 Å². The van der Waals surface area contributed by atoms with Crippen molar-refractivity contribution in [3.05, 3.63) is 35.1 Å². The number of amides is 1. The van der Waals surface area contributed by atoms with E-state index in [0.717, 1.165) is 51.2 Å². The summed E-state index contributed by atoms with van der Waals surface area (Å²) in [4.78, 5) is 25.1. The van der Waals surface area contributed by atoms with Crippen LogP contribution in [0.3, 0.4) is 0 Å². The van der Waals surface area contributed by atoms with E-state index in [9.17, 15) is 4.79 Å². The van der Waals surface area contributed by atoms with Crippen molar-refractivity contribution < 1.29 is 14.3 Å². The third-order valence-corrected chi connectivity index (χ3v) is 7.17. The molecular weight excluding hydrogens is 452 g/mol. The van der Waals surface area contributed by atoms with E-state index >= 15 is 0 Å². The Morgan fingerprint density at radius 1 is 1.35 bits per heavy atom. The lowest BCUT2D eigenvalue weighted by Crippen LogP contribution is -2.33. The monoisotopic (exact) mass is 480 g/mol. The molecule has 2 N–H and O–H groups in total. The molecule has 0 bridgehead atoms. The molecule has 1 aliphatic rings. The number of nitrogens with zero attached hydrogens (tertiary/aromatic N) is 4. The van der Waals surface area contributed by atoms with Crippen LogP contribution in [0.1, 0.15) is 37.6 Å². The molecule has 0 spiro atoms. The lowest BCUT2D eigenvalue weighted by Gasteiger charge is -2.25. The minimum atomic E-state index is -0.272. The number of rotatable bonds is 6. The predicted octanol–water partition coefficient (Wildman–Crippen LogP) is 5.04. The zero-order chi connectivity index (χ0) is 23.8. The zero-order valence-electron chi connectivity index (χ0n) is 19.7. The fourth-order valence-electron chi connectivity index (χ4n) is 4.19. The standard InChI is InChI=1S/C24H28N6O3S/c1-5-30(4)24(31)33-15-6-7-16-20(9-15)34-23-21(16)22(25-12-26-23)28-18-8-14-11-27-29-17(14)10-19(18)32-13(2)3/h8,10-13,15H,5-7,9H2,1-4H3,(H,27,29)(H,25,26,28). The quantitative estimate of drug-likeness (QED) is 0.398. The second-order valence-electron chi connectivity index (χ2n) is 8.77. The molecule has 0 saturated carbocycles. The van der Waals surface area contributed by atoms with Crippen LogP contribution in [0, 0.1) is 0 Å². The maximum absolute atomic E-state index is 12.2. The van der Waals surface area contributed by atoms with Gasteiger partial charge in [0.15, 0.2) is 0 Å². The van der Waals surface area contributed by atoms with Gasteiger partial charge in [-0.15, -0.1) is 11.3 Å². The van der Waals surface area contributed by atoms with E-state index in [2.05, 4.69) is 25.5 Å². The van der Waals surface area contributed by atoms with Gasteiger partial charge in [0.25, 0.3) is 0 Å². The third kappa shape index (κ3) is 4.25. The molecule has 9 nitrogen and oxygen atoms in total. The normalized spacial score (nSPS) is 15.5. The van der Waals surface area contributed by atoms with Crippen molar-refractivity contribution in [2.24, 2.45) is 0 Å². The largest absolute Gasteiger partial charge is 0.489 e. The molecule has 4 aromatic rings. The summed E-state index contributed by atoms with van der Waals surface area (Å²) in [6, 6.07) is 3.97. The lowest BCUT2D eigenvalue weighted by atomic mass is 9.94. The van der Waals surface area contributed by atoms with Gasteiger partial charge in [-0.25, -0.2) is 14.8 Å². The van der Waals surface area contributed by atoms with Crippen molar-refractivity contribution in [1.29, 1.82) is 0 Å². The van der Waals surface area contributed by atoms with Crippen LogP contribution in [0.5, 0.6) is 5.75 Å². The fraction of sp³-hybridized carbons (Fsp3) is 0.417. The average molecular weight is 481 g/mol. The molecule has 10 heteroatoms. The topological polar surface area (TPSA) is 105 Å². The molecule has 1 unspecified atom stereocenters. The highest BCUT2D eigenvalue weighted by molar-refractivity contribution is 7.19. The van der Waals surface area contributed by atoms with Crippen molar-refractivity contribution in [2.45, 2.75) is 52.2 Å².